The third-order valence-corrected chi connectivity index (χ3v) is 8.32. The highest BCUT2D eigenvalue weighted by Gasteiger charge is 2.25. The van der Waals surface area contributed by atoms with Crippen molar-refractivity contribution >= 4 is 21.8 Å². The number of ether oxygens (including phenoxy) is 2. The first kappa shape index (κ1) is 29.0. The molecule has 3 aromatic rings. The highest BCUT2D eigenvalue weighted by atomic mass is 32.2. The van der Waals surface area contributed by atoms with Gasteiger partial charge >= 0.3 is 12.6 Å². The minimum atomic E-state index is -3.79. The van der Waals surface area contributed by atoms with Crippen LogP contribution in [0.3, 0.4) is 0 Å². The number of Topliss-reactive ketones (excluding diaryl/α,β-unsaturated/α-hetero) is 1. The van der Waals surface area contributed by atoms with Crippen molar-refractivity contribution in [1.82, 2.24) is 8.87 Å². The van der Waals surface area contributed by atoms with E-state index in [0.29, 0.717) is 28.2 Å². The molecule has 3 rings (SSSR count). The predicted octanol–water partition coefficient (Wildman–Crippen LogP) is 5.07. The molecule has 0 bridgehead atoms. The molecule has 0 aliphatic rings. The van der Waals surface area contributed by atoms with Gasteiger partial charge in [-0.1, -0.05) is 19.9 Å². The summed E-state index contributed by atoms with van der Waals surface area (Å²) in [7, 11) is -3.79. The third kappa shape index (κ3) is 6.11. The van der Waals surface area contributed by atoms with Gasteiger partial charge in [-0.05, 0) is 68.8 Å². The van der Waals surface area contributed by atoms with Crippen LogP contribution in [0.2, 0.25) is 0 Å². The molecular formula is C27H30F2N2O6S. The largest absolute Gasteiger partial charge is 0.454 e. The van der Waals surface area contributed by atoms with Crippen LogP contribution in [0.25, 0.3) is 5.69 Å². The molecule has 0 spiro atoms. The number of esters is 1. The standard InChI is InChI=1S/C27H30F2N2O6S/c1-6-30(7-2)38(34,35)25-15-20(9-8-17(25)3)26(33)36-16-24(32)23-14-18(4)31(19(23)5)21-10-12-22(13-11-21)37-27(28)29/h8-15,27H,6-7,16H2,1-5H3. The van der Waals surface area contributed by atoms with Crippen molar-refractivity contribution in [3.05, 3.63) is 76.6 Å². The van der Waals surface area contributed by atoms with Crippen molar-refractivity contribution < 1.29 is 36.3 Å². The molecule has 11 heteroatoms. The van der Waals surface area contributed by atoms with Gasteiger partial charge in [0.05, 0.1) is 10.5 Å². The summed E-state index contributed by atoms with van der Waals surface area (Å²) in [5, 5.41) is 0. The van der Waals surface area contributed by atoms with Gasteiger partial charge in [-0.3, -0.25) is 4.79 Å². The SMILES string of the molecule is CCN(CC)S(=O)(=O)c1cc(C(=O)OCC(=O)c2cc(C)n(-c3ccc(OC(F)F)cc3)c2C)ccc1C. The van der Waals surface area contributed by atoms with Crippen LogP contribution in [0.1, 0.15) is 51.5 Å². The van der Waals surface area contributed by atoms with Gasteiger partial charge in [-0.25, -0.2) is 13.2 Å². The summed E-state index contributed by atoms with van der Waals surface area (Å²) < 4.78 is 63.5. The van der Waals surface area contributed by atoms with E-state index in [1.54, 1.807) is 57.4 Å². The number of aryl methyl sites for hydroxylation is 2. The molecular weight excluding hydrogens is 518 g/mol. The Morgan fingerprint density at radius 1 is 0.974 bits per heavy atom. The van der Waals surface area contributed by atoms with Crippen LogP contribution in [-0.4, -0.2) is 55.4 Å². The van der Waals surface area contributed by atoms with Gasteiger partial charge in [-0.15, -0.1) is 0 Å². The Morgan fingerprint density at radius 2 is 1.61 bits per heavy atom. The molecule has 0 aliphatic carbocycles. The smallest absolute Gasteiger partial charge is 0.387 e. The Labute approximate surface area is 220 Å². The first-order valence-electron chi connectivity index (χ1n) is 12.0. The monoisotopic (exact) mass is 548 g/mol. The first-order valence-corrected chi connectivity index (χ1v) is 13.4. The summed E-state index contributed by atoms with van der Waals surface area (Å²) in [6.45, 7) is 5.70. The summed E-state index contributed by atoms with van der Waals surface area (Å²) in [5.74, 6) is -1.25. The second-order valence-corrected chi connectivity index (χ2v) is 10.5. The van der Waals surface area contributed by atoms with Crippen molar-refractivity contribution in [3.63, 3.8) is 0 Å². The van der Waals surface area contributed by atoms with E-state index in [1.807, 2.05) is 0 Å². The number of rotatable bonds is 11. The van der Waals surface area contributed by atoms with E-state index in [1.165, 1.54) is 34.6 Å². The predicted molar refractivity (Wildman–Crippen MR) is 138 cm³/mol. The fourth-order valence-electron chi connectivity index (χ4n) is 4.22. The van der Waals surface area contributed by atoms with Crippen molar-refractivity contribution in [2.75, 3.05) is 19.7 Å². The second kappa shape index (κ2) is 11.9. The molecule has 1 heterocycles. The number of alkyl halides is 2. The maximum absolute atomic E-state index is 13.0. The highest BCUT2D eigenvalue weighted by Crippen LogP contribution is 2.25. The van der Waals surface area contributed by atoms with E-state index < -0.39 is 35.0 Å². The molecule has 0 amide bonds. The van der Waals surface area contributed by atoms with Crippen molar-refractivity contribution in [1.29, 1.82) is 0 Å². The van der Waals surface area contributed by atoms with Crippen molar-refractivity contribution in [2.24, 2.45) is 0 Å². The van der Waals surface area contributed by atoms with Crippen LogP contribution in [-0.2, 0) is 14.8 Å². The fraction of sp³-hybridized carbons (Fsp3) is 0.333. The quantitative estimate of drug-likeness (QED) is 0.245. The van der Waals surface area contributed by atoms with Gasteiger partial charge in [0.1, 0.15) is 5.75 Å². The number of hydrogen-bond donors (Lipinski definition) is 0. The minimum Gasteiger partial charge on any atom is -0.454 e. The lowest BCUT2D eigenvalue weighted by atomic mass is 10.1. The molecule has 8 nitrogen and oxygen atoms in total. The highest BCUT2D eigenvalue weighted by molar-refractivity contribution is 7.89. The minimum absolute atomic E-state index is 0.00971. The van der Waals surface area contributed by atoms with Crippen LogP contribution in [0, 0.1) is 20.8 Å². The number of sulfonamides is 1. The van der Waals surface area contributed by atoms with Crippen LogP contribution in [0.15, 0.2) is 53.4 Å². The van der Waals surface area contributed by atoms with Crippen LogP contribution < -0.4 is 4.74 Å². The van der Waals surface area contributed by atoms with Gasteiger partial charge in [0, 0.05) is 35.7 Å². The van der Waals surface area contributed by atoms with E-state index in [4.69, 9.17) is 4.74 Å². The van der Waals surface area contributed by atoms with Gasteiger partial charge < -0.3 is 14.0 Å². The third-order valence-electron chi connectivity index (χ3n) is 6.13. The Kier molecular flexibility index (Phi) is 9.05. The van der Waals surface area contributed by atoms with E-state index in [9.17, 15) is 26.8 Å². The Morgan fingerprint density at radius 3 is 2.18 bits per heavy atom. The molecule has 2 aromatic carbocycles. The number of carbonyl (C=O) groups is 2. The van der Waals surface area contributed by atoms with E-state index >= 15 is 0 Å². The molecule has 0 saturated heterocycles. The molecule has 0 atom stereocenters. The number of benzene rings is 2. The van der Waals surface area contributed by atoms with E-state index in [2.05, 4.69) is 4.74 Å². The van der Waals surface area contributed by atoms with E-state index in [-0.39, 0.29) is 29.3 Å². The topological polar surface area (TPSA) is 94.9 Å². The number of hydrogen-bond acceptors (Lipinski definition) is 6. The summed E-state index contributed by atoms with van der Waals surface area (Å²) in [6, 6.07) is 11.9. The molecule has 0 radical (unpaired) electrons. The lowest BCUT2D eigenvalue weighted by Crippen LogP contribution is -2.31. The average Bonchev–Trinajstić information content (AvgIpc) is 3.17. The molecule has 0 aliphatic heterocycles. The molecule has 0 fully saturated rings. The number of carbonyl (C=O) groups excluding carboxylic acids is 2. The zero-order valence-corrected chi connectivity index (χ0v) is 22.6. The normalized spacial score (nSPS) is 11.7. The zero-order chi connectivity index (χ0) is 28.2. The maximum atomic E-state index is 13.0. The van der Waals surface area contributed by atoms with Gasteiger partial charge in [-0.2, -0.15) is 13.1 Å². The van der Waals surface area contributed by atoms with Gasteiger partial charge in [0.15, 0.2) is 6.61 Å². The zero-order valence-electron chi connectivity index (χ0n) is 21.8. The molecule has 0 N–H and O–H groups in total. The molecule has 0 unspecified atom stereocenters. The lowest BCUT2D eigenvalue weighted by Gasteiger charge is -2.20. The first-order chi connectivity index (χ1) is 17.9. The number of aromatic nitrogens is 1. The summed E-state index contributed by atoms with van der Waals surface area (Å²) >= 11 is 0. The molecule has 38 heavy (non-hydrogen) atoms. The Bertz CT molecular complexity index is 1430. The van der Waals surface area contributed by atoms with E-state index in [0.717, 1.165) is 0 Å². The summed E-state index contributed by atoms with van der Waals surface area (Å²) in [5.41, 5.74) is 2.77. The number of nitrogens with zero attached hydrogens (tertiary/aromatic N) is 2. The van der Waals surface area contributed by atoms with Crippen LogP contribution >= 0.6 is 0 Å². The average molecular weight is 549 g/mol. The number of halogens is 2. The molecule has 1 aromatic heterocycles. The number of ketones is 1. The Balaban J connectivity index is 1.77. The molecule has 0 saturated carbocycles. The van der Waals surface area contributed by atoms with Gasteiger partial charge in [0.25, 0.3) is 0 Å². The van der Waals surface area contributed by atoms with Crippen molar-refractivity contribution in [2.45, 2.75) is 46.1 Å². The fourth-order valence-corrected chi connectivity index (χ4v) is 5.93. The Hall–Kier alpha value is -3.57. The molecule has 204 valence electrons. The summed E-state index contributed by atoms with van der Waals surface area (Å²) in [6.07, 6.45) is 0. The van der Waals surface area contributed by atoms with Crippen LogP contribution in [0.5, 0.6) is 5.75 Å². The van der Waals surface area contributed by atoms with Crippen molar-refractivity contribution in [3.8, 4) is 11.4 Å². The van der Waals surface area contributed by atoms with Gasteiger partial charge in [0.2, 0.25) is 15.8 Å². The maximum Gasteiger partial charge on any atom is 0.387 e. The lowest BCUT2D eigenvalue weighted by molar-refractivity contribution is -0.0498. The van der Waals surface area contributed by atoms with Crippen LogP contribution in [0.4, 0.5) is 8.78 Å². The second-order valence-electron chi connectivity index (χ2n) is 8.56. The summed E-state index contributed by atoms with van der Waals surface area (Å²) in [4.78, 5) is 25.6.